The Morgan fingerprint density at radius 1 is 1.00 bits per heavy atom. The van der Waals surface area contributed by atoms with Crippen LogP contribution in [0, 0.1) is 0 Å². The van der Waals surface area contributed by atoms with Crippen LogP contribution in [0.15, 0.2) is 42.6 Å². The van der Waals surface area contributed by atoms with Crippen molar-refractivity contribution in [2.75, 3.05) is 48.8 Å². The predicted molar refractivity (Wildman–Crippen MR) is 114 cm³/mol. The number of aromatic nitrogens is 1. The number of benzene rings is 1. The number of carbonyl (C=O) groups excluding carboxylic acids is 1. The van der Waals surface area contributed by atoms with Crippen LogP contribution in [0.2, 0.25) is 0 Å². The van der Waals surface area contributed by atoms with E-state index in [1.165, 1.54) is 31.4 Å². The first-order valence-electron chi connectivity index (χ1n) is 10.2. The summed E-state index contributed by atoms with van der Waals surface area (Å²) in [5, 5.41) is 6.48. The van der Waals surface area contributed by atoms with Crippen LogP contribution >= 0.6 is 0 Å². The lowest BCUT2D eigenvalue weighted by Crippen LogP contribution is -2.44. The number of pyridine rings is 1. The Balaban J connectivity index is 1.36. The summed E-state index contributed by atoms with van der Waals surface area (Å²) in [5.74, 6) is -0.178. The van der Waals surface area contributed by atoms with E-state index < -0.39 is 0 Å². The van der Waals surface area contributed by atoms with Gasteiger partial charge in [0.15, 0.2) is 0 Å². The number of hydrogen-bond donors (Lipinski definition) is 2. The first kappa shape index (κ1) is 18.7. The molecule has 148 valence electrons. The van der Waals surface area contributed by atoms with E-state index in [2.05, 4.69) is 44.6 Å². The van der Waals surface area contributed by atoms with Gasteiger partial charge in [-0.05, 0) is 56.3 Å². The standard InChI is InChI=1S/C22H29N5O/c1-26-12-14-27(15-13-26)20-8-6-18(7-9-20)25-22(28)21-16-19(10-11-23-21)24-17-4-2-3-5-17/h6-11,16-17H,2-5,12-15H2,1H3,(H,23,24)(H,25,28). The molecule has 1 saturated heterocycles. The second kappa shape index (κ2) is 8.61. The van der Waals surface area contributed by atoms with Crippen molar-refractivity contribution in [3.8, 4) is 0 Å². The number of nitrogens with one attached hydrogen (secondary N) is 2. The Kier molecular flexibility index (Phi) is 5.76. The lowest BCUT2D eigenvalue weighted by molar-refractivity contribution is 0.102. The Hall–Kier alpha value is -2.60. The third-order valence-electron chi connectivity index (χ3n) is 5.71. The van der Waals surface area contributed by atoms with Gasteiger partial charge in [-0.15, -0.1) is 0 Å². The van der Waals surface area contributed by atoms with Crippen molar-refractivity contribution in [1.29, 1.82) is 0 Å². The van der Waals surface area contributed by atoms with Crippen molar-refractivity contribution in [3.63, 3.8) is 0 Å². The van der Waals surface area contributed by atoms with Gasteiger partial charge in [0, 0.05) is 55.5 Å². The number of hydrogen-bond acceptors (Lipinski definition) is 5. The molecule has 4 rings (SSSR count). The van der Waals surface area contributed by atoms with Gasteiger partial charge in [0.05, 0.1) is 0 Å². The van der Waals surface area contributed by atoms with E-state index in [4.69, 9.17) is 0 Å². The molecule has 1 amide bonds. The van der Waals surface area contributed by atoms with Gasteiger partial charge in [-0.2, -0.15) is 0 Å². The van der Waals surface area contributed by atoms with Crippen LogP contribution in [-0.2, 0) is 0 Å². The van der Waals surface area contributed by atoms with Gasteiger partial charge in [-0.3, -0.25) is 9.78 Å². The highest BCUT2D eigenvalue weighted by Gasteiger charge is 2.16. The van der Waals surface area contributed by atoms with Crippen molar-refractivity contribution in [2.45, 2.75) is 31.7 Å². The maximum atomic E-state index is 12.6. The Morgan fingerprint density at radius 3 is 2.43 bits per heavy atom. The van der Waals surface area contributed by atoms with Crippen LogP contribution < -0.4 is 15.5 Å². The van der Waals surface area contributed by atoms with E-state index in [0.717, 1.165) is 37.6 Å². The molecule has 0 unspecified atom stereocenters. The van der Waals surface area contributed by atoms with E-state index in [9.17, 15) is 4.79 Å². The number of likely N-dealkylation sites (N-methyl/N-ethyl adjacent to an activating group) is 1. The van der Waals surface area contributed by atoms with Crippen molar-refractivity contribution < 1.29 is 4.79 Å². The SMILES string of the molecule is CN1CCN(c2ccc(NC(=O)c3cc(NC4CCCC4)ccn3)cc2)CC1. The van der Waals surface area contributed by atoms with Gasteiger partial charge >= 0.3 is 0 Å². The number of anilines is 3. The Bertz CT molecular complexity index is 793. The Labute approximate surface area is 166 Å². The quantitative estimate of drug-likeness (QED) is 0.833. The van der Waals surface area contributed by atoms with E-state index in [0.29, 0.717) is 11.7 Å². The zero-order valence-corrected chi connectivity index (χ0v) is 16.5. The third kappa shape index (κ3) is 4.62. The largest absolute Gasteiger partial charge is 0.382 e. The molecule has 2 aromatic rings. The number of amides is 1. The first-order chi connectivity index (χ1) is 13.7. The molecular formula is C22H29N5O. The van der Waals surface area contributed by atoms with Crippen molar-refractivity contribution in [2.24, 2.45) is 0 Å². The van der Waals surface area contributed by atoms with Gasteiger partial charge in [0.1, 0.15) is 5.69 Å². The molecule has 6 nitrogen and oxygen atoms in total. The average molecular weight is 380 g/mol. The highest BCUT2D eigenvalue weighted by molar-refractivity contribution is 6.03. The molecule has 1 saturated carbocycles. The van der Waals surface area contributed by atoms with Crippen LogP contribution in [0.25, 0.3) is 0 Å². The van der Waals surface area contributed by atoms with E-state index in [-0.39, 0.29) is 5.91 Å². The van der Waals surface area contributed by atoms with Crippen molar-refractivity contribution in [1.82, 2.24) is 9.88 Å². The van der Waals surface area contributed by atoms with Crippen LogP contribution in [0.5, 0.6) is 0 Å². The Morgan fingerprint density at radius 2 is 1.71 bits per heavy atom. The van der Waals surface area contributed by atoms with Crippen LogP contribution in [0.3, 0.4) is 0 Å². The lowest BCUT2D eigenvalue weighted by atomic mass is 10.2. The summed E-state index contributed by atoms with van der Waals surface area (Å²) in [6.07, 6.45) is 6.65. The molecule has 0 radical (unpaired) electrons. The summed E-state index contributed by atoms with van der Waals surface area (Å²) in [7, 11) is 2.16. The van der Waals surface area contributed by atoms with E-state index in [1.807, 2.05) is 24.3 Å². The predicted octanol–water partition coefficient (Wildman–Crippen LogP) is 3.44. The highest BCUT2D eigenvalue weighted by atomic mass is 16.1. The second-order valence-corrected chi connectivity index (χ2v) is 7.85. The smallest absolute Gasteiger partial charge is 0.274 e. The van der Waals surface area contributed by atoms with E-state index in [1.54, 1.807) is 6.20 Å². The summed E-state index contributed by atoms with van der Waals surface area (Å²) >= 11 is 0. The fourth-order valence-electron chi connectivity index (χ4n) is 3.97. The topological polar surface area (TPSA) is 60.5 Å². The molecule has 0 bridgehead atoms. The lowest BCUT2D eigenvalue weighted by Gasteiger charge is -2.34. The summed E-state index contributed by atoms with van der Waals surface area (Å²) in [6.45, 7) is 4.23. The minimum Gasteiger partial charge on any atom is -0.382 e. The fraction of sp³-hybridized carbons (Fsp3) is 0.455. The molecular weight excluding hydrogens is 350 g/mol. The van der Waals surface area contributed by atoms with Crippen molar-refractivity contribution in [3.05, 3.63) is 48.3 Å². The molecule has 1 aliphatic heterocycles. The molecule has 2 heterocycles. The van der Waals surface area contributed by atoms with Gasteiger partial charge in [-0.25, -0.2) is 0 Å². The molecule has 1 aliphatic carbocycles. The molecule has 6 heteroatoms. The average Bonchev–Trinajstić information content (AvgIpc) is 3.22. The minimum absolute atomic E-state index is 0.178. The summed E-state index contributed by atoms with van der Waals surface area (Å²) in [4.78, 5) is 21.6. The second-order valence-electron chi connectivity index (χ2n) is 7.85. The molecule has 28 heavy (non-hydrogen) atoms. The van der Waals surface area contributed by atoms with Gasteiger partial charge < -0.3 is 20.4 Å². The summed E-state index contributed by atoms with van der Waals surface area (Å²) in [5.41, 5.74) is 3.40. The molecule has 2 fully saturated rings. The maximum Gasteiger partial charge on any atom is 0.274 e. The van der Waals surface area contributed by atoms with Crippen LogP contribution in [0.4, 0.5) is 17.1 Å². The van der Waals surface area contributed by atoms with Gasteiger partial charge in [0.2, 0.25) is 0 Å². The number of nitrogens with zero attached hydrogens (tertiary/aromatic N) is 3. The summed E-state index contributed by atoms with van der Waals surface area (Å²) in [6, 6.07) is 12.4. The van der Waals surface area contributed by atoms with Gasteiger partial charge in [-0.1, -0.05) is 12.8 Å². The van der Waals surface area contributed by atoms with Gasteiger partial charge in [0.25, 0.3) is 5.91 Å². The van der Waals surface area contributed by atoms with E-state index >= 15 is 0 Å². The molecule has 1 aromatic heterocycles. The third-order valence-corrected chi connectivity index (χ3v) is 5.71. The van der Waals surface area contributed by atoms with Crippen molar-refractivity contribution >= 4 is 23.0 Å². The zero-order valence-electron chi connectivity index (χ0n) is 16.5. The fourth-order valence-corrected chi connectivity index (χ4v) is 3.97. The highest BCUT2D eigenvalue weighted by Crippen LogP contribution is 2.23. The molecule has 0 spiro atoms. The van der Waals surface area contributed by atoms with Crippen LogP contribution in [0.1, 0.15) is 36.2 Å². The first-order valence-corrected chi connectivity index (χ1v) is 10.2. The van der Waals surface area contributed by atoms with Crippen LogP contribution in [-0.4, -0.2) is 55.1 Å². The molecule has 1 aromatic carbocycles. The molecule has 2 N–H and O–H groups in total. The minimum atomic E-state index is -0.178. The monoisotopic (exact) mass is 379 g/mol. The number of piperazine rings is 1. The normalized spacial score (nSPS) is 18.2. The molecule has 0 atom stereocenters. The molecule has 2 aliphatic rings. The zero-order chi connectivity index (χ0) is 19.3. The number of rotatable bonds is 5. The maximum absolute atomic E-state index is 12.6. The number of carbonyl (C=O) groups is 1. The summed E-state index contributed by atoms with van der Waals surface area (Å²) < 4.78 is 0.